The first-order valence-corrected chi connectivity index (χ1v) is 7.54. The van der Waals surface area contributed by atoms with Crippen LogP contribution in [0.2, 0.25) is 0 Å². The minimum atomic E-state index is -0.312. The summed E-state index contributed by atoms with van der Waals surface area (Å²) in [5.74, 6) is 0. The molecule has 1 aliphatic carbocycles. The van der Waals surface area contributed by atoms with Gasteiger partial charge in [0.2, 0.25) is 0 Å². The lowest BCUT2D eigenvalue weighted by atomic mass is 9.64. The quantitative estimate of drug-likeness (QED) is 0.620. The fraction of sp³-hybridized carbons (Fsp3) is 0.625. The van der Waals surface area contributed by atoms with E-state index in [4.69, 9.17) is 4.74 Å². The highest BCUT2D eigenvalue weighted by Crippen LogP contribution is 2.42. The molecule has 1 saturated carbocycles. The molecule has 2 unspecified atom stereocenters. The summed E-state index contributed by atoms with van der Waals surface area (Å²) in [5, 5.41) is 14.5. The second-order valence-corrected chi connectivity index (χ2v) is 6.14. The van der Waals surface area contributed by atoms with Crippen molar-refractivity contribution in [1.29, 1.82) is 0 Å². The van der Waals surface area contributed by atoms with Gasteiger partial charge in [0.15, 0.2) is 0 Å². The number of rotatable bonds is 7. The maximum Gasteiger partial charge on any atom is 0.272 e. The Hall–Kier alpha value is -1.46. The molecule has 0 aliphatic heterocycles. The number of nitro groups is 1. The predicted molar refractivity (Wildman–Crippen MR) is 82.4 cm³/mol. The van der Waals surface area contributed by atoms with E-state index >= 15 is 0 Å². The molecular weight excluding hydrogens is 268 g/mol. The third-order valence-corrected chi connectivity index (χ3v) is 4.52. The zero-order valence-corrected chi connectivity index (χ0v) is 13.0. The van der Waals surface area contributed by atoms with E-state index < -0.39 is 0 Å². The zero-order valence-electron chi connectivity index (χ0n) is 13.0. The van der Waals surface area contributed by atoms with Crippen molar-refractivity contribution in [2.45, 2.75) is 45.8 Å². The van der Waals surface area contributed by atoms with Gasteiger partial charge in [0.1, 0.15) is 0 Å². The first-order chi connectivity index (χ1) is 9.96. The van der Waals surface area contributed by atoms with E-state index in [1.165, 1.54) is 0 Å². The molecule has 1 N–H and O–H groups in total. The fourth-order valence-electron chi connectivity index (χ4n) is 3.00. The van der Waals surface area contributed by atoms with E-state index in [1.807, 2.05) is 19.1 Å². The average molecular weight is 292 g/mol. The van der Waals surface area contributed by atoms with Gasteiger partial charge in [0.05, 0.1) is 11.0 Å². The van der Waals surface area contributed by atoms with Crippen molar-refractivity contribution in [3.63, 3.8) is 0 Å². The highest BCUT2D eigenvalue weighted by Gasteiger charge is 2.48. The van der Waals surface area contributed by atoms with Gasteiger partial charge in [0, 0.05) is 29.7 Å². The lowest BCUT2D eigenvalue weighted by molar-refractivity contribution is -0.385. The number of ether oxygens (including phenoxy) is 1. The van der Waals surface area contributed by atoms with Crippen LogP contribution in [0.15, 0.2) is 24.3 Å². The molecule has 5 heteroatoms. The normalized spacial score (nSPS) is 23.6. The Kier molecular flexibility index (Phi) is 4.96. The fourth-order valence-corrected chi connectivity index (χ4v) is 3.00. The SMILES string of the molecule is CCOC1CC(NCCc2ccccc2[N+](=O)[O-])C1(C)C. The Morgan fingerprint density at radius 3 is 2.76 bits per heavy atom. The van der Waals surface area contributed by atoms with Crippen molar-refractivity contribution in [2.24, 2.45) is 5.41 Å². The van der Waals surface area contributed by atoms with Crippen molar-refractivity contribution in [3.8, 4) is 0 Å². The molecule has 1 aromatic rings. The molecule has 0 spiro atoms. The van der Waals surface area contributed by atoms with Crippen LogP contribution in [0.1, 0.15) is 32.8 Å². The maximum absolute atomic E-state index is 11.0. The van der Waals surface area contributed by atoms with Gasteiger partial charge in [-0.1, -0.05) is 32.0 Å². The van der Waals surface area contributed by atoms with Gasteiger partial charge in [-0.15, -0.1) is 0 Å². The average Bonchev–Trinajstić information content (AvgIpc) is 2.45. The third kappa shape index (κ3) is 3.41. The van der Waals surface area contributed by atoms with Gasteiger partial charge in [0.25, 0.3) is 5.69 Å². The van der Waals surface area contributed by atoms with Gasteiger partial charge in [-0.05, 0) is 26.3 Å². The van der Waals surface area contributed by atoms with E-state index in [0.717, 1.165) is 25.1 Å². The van der Waals surface area contributed by atoms with Crippen LogP contribution in [-0.4, -0.2) is 30.2 Å². The summed E-state index contributed by atoms with van der Waals surface area (Å²) < 4.78 is 5.71. The molecule has 1 fully saturated rings. The molecule has 0 bridgehead atoms. The third-order valence-electron chi connectivity index (χ3n) is 4.52. The Morgan fingerprint density at radius 1 is 1.43 bits per heavy atom. The first kappa shape index (κ1) is 15.9. The predicted octanol–water partition coefficient (Wildman–Crippen LogP) is 2.93. The summed E-state index contributed by atoms with van der Waals surface area (Å²) in [6.45, 7) is 7.93. The summed E-state index contributed by atoms with van der Waals surface area (Å²) in [6.07, 6.45) is 1.99. The van der Waals surface area contributed by atoms with Crippen molar-refractivity contribution in [3.05, 3.63) is 39.9 Å². The largest absolute Gasteiger partial charge is 0.378 e. The Labute approximate surface area is 125 Å². The number of nitrogens with one attached hydrogen (secondary N) is 1. The Balaban J connectivity index is 1.85. The lowest BCUT2D eigenvalue weighted by Gasteiger charge is -2.52. The molecule has 2 rings (SSSR count). The first-order valence-electron chi connectivity index (χ1n) is 7.54. The highest BCUT2D eigenvalue weighted by atomic mass is 16.6. The van der Waals surface area contributed by atoms with Crippen LogP contribution in [0.5, 0.6) is 0 Å². The number of nitrogens with zero attached hydrogens (tertiary/aromatic N) is 1. The summed E-state index contributed by atoms with van der Waals surface area (Å²) in [5.41, 5.74) is 1.12. The zero-order chi connectivity index (χ0) is 15.5. The van der Waals surface area contributed by atoms with Gasteiger partial charge >= 0.3 is 0 Å². The molecule has 1 aromatic carbocycles. The molecule has 0 saturated heterocycles. The molecule has 0 radical (unpaired) electrons. The minimum absolute atomic E-state index is 0.124. The van der Waals surface area contributed by atoms with Crippen LogP contribution in [0.4, 0.5) is 5.69 Å². The van der Waals surface area contributed by atoms with E-state index in [9.17, 15) is 10.1 Å². The van der Waals surface area contributed by atoms with Crippen LogP contribution in [0.3, 0.4) is 0 Å². The molecule has 21 heavy (non-hydrogen) atoms. The van der Waals surface area contributed by atoms with Gasteiger partial charge in [-0.25, -0.2) is 0 Å². The van der Waals surface area contributed by atoms with Crippen LogP contribution < -0.4 is 5.32 Å². The summed E-state index contributed by atoms with van der Waals surface area (Å²) in [6, 6.07) is 7.36. The molecule has 2 atom stereocenters. The van der Waals surface area contributed by atoms with E-state index in [-0.39, 0.29) is 16.0 Å². The molecule has 5 nitrogen and oxygen atoms in total. The van der Waals surface area contributed by atoms with E-state index in [0.29, 0.717) is 18.6 Å². The summed E-state index contributed by atoms with van der Waals surface area (Å²) in [4.78, 5) is 10.7. The maximum atomic E-state index is 11.0. The van der Waals surface area contributed by atoms with Crippen molar-refractivity contribution >= 4 is 5.69 Å². The van der Waals surface area contributed by atoms with Gasteiger partial charge < -0.3 is 10.1 Å². The van der Waals surface area contributed by atoms with Gasteiger partial charge in [-0.2, -0.15) is 0 Å². The lowest BCUT2D eigenvalue weighted by Crippen LogP contribution is -2.61. The van der Waals surface area contributed by atoms with Crippen LogP contribution in [-0.2, 0) is 11.2 Å². The summed E-state index contributed by atoms with van der Waals surface area (Å²) in [7, 11) is 0. The Morgan fingerprint density at radius 2 is 2.14 bits per heavy atom. The molecule has 0 heterocycles. The highest BCUT2D eigenvalue weighted by molar-refractivity contribution is 5.39. The molecule has 0 aromatic heterocycles. The standard InChI is InChI=1S/C16H24N2O3/c1-4-21-15-11-14(16(15,2)3)17-10-9-12-7-5-6-8-13(12)18(19)20/h5-8,14-15,17H,4,9-11H2,1-3H3. The Bertz CT molecular complexity index is 502. The van der Waals surface area contributed by atoms with Gasteiger partial charge in [-0.3, -0.25) is 10.1 Å². The van der Waals surface area contributed by atoms with E-state index in [1.54, 1.807) is 12.1 Å². The van der Waals surface area contributed by atoms with Crippen molar-refractivity contribution < 1.29 is 9.66 Å². The molecular formula is C16H24N2O3. The minimum Gasteiger partial charge on any atom is -0.378 e. The van der Waals surface area contributed by atoms with Crippen molar-refractivity contribution in [2.75, 3.05) is 13.2 Å². The monoisotopic (exact) mass is 292 g/mol. The second-order valence-electron chi connectivity index (χ2n) is 6.14. The molecule has 116 valence electrons. The number of hydrogen-bond acceptors (Lipinski definition) is 4. The smallest absolute Gasteiger partial charge is 0.272 e. The topological polar surface area (TPSA) is 64.4 Å². The molecule has 1 aliphatic rings. The number of nitro benzene ring substituents is 1. The van der Waals surface area contributed by atoms with Crippen LogP contribution in [0.25, 0.3) is 0 Å². The van der Waals surface area contributed by atoms with Crippen LogP contribution in [0, 0.1) is 15.5 Å². The number of benzene rings is 1. The van der Waals surface area contributed by atoms with Crippen molar-refractivity contribution in [1.82, 2.24) is 5.32 Å². The number of hydrogen-bond donors (Lipinski definition) is 1. The summed E-state index contributed by atoms with van der Waals surface area (Å²) >= 11 is 0. The molecule has 0 amide bonds. The van der Waals surface area contributed by atoms with Crippen LogP contribution >= 0.6 is 0 Å². The second kappa shape index (κ2) is 6.54. The van der Waals surface area contributed by atoms with E-state index in [2.05, 4.69) is 19.2 Å². The number of para-hydroxylation sites is 1.